The molecule has 0 radical (unpaired) electrons. The maximum atomic E-state index is 5.34. The average molecular weight is 325 g/mol. The zero-order valence-electron chi connectivity index (χ0n) is 11.0. The van der Waals surface area contributed by atoms with Crippen LogP contribution in [0.2, 0.25) is 0 Å². The fourth-order valence-corrected chi connectivity index (χ4v) is 2.24. The van der Waals surface area contributed by atoms with Crippen LogP contribution in [0.25, 0.3) is 0 Å². The summed E-state index contributed by atoms with van der Waals surface area (Å²) in [4.78, 5) is 8.43. The molecule has 102 valence electrons. The van der Waals surface area contributed by atoms with E-state index in [1.54, 1.807) is 12.6 Å². The molecule has 1 unspecified atom stereocenters. The van der Waals surface area contributed by atoms with Crippen molar-refractivity contribution in [2.24, 2.45) is 0 Å². The lowest BCUT2D eigenvalue weighted by molar-refractivity contribution is 0.497. The van der Waals surface area contributed by atoms with Crippen LogP contribution in [0, 0.1) is 0 Å². The maximum absolute atomic E-state index is 5.34. The first-order valence-corrected chi connectivity index (χ1v) is 7.03. The number of furan rings is 1. The van der Waals surface area contributed by atoms with Gasteiger partial charge in [-0.3, -0.25) is 0 Å². The predicted molar refractivity (Wildman–Crippen MR) is 79.4 cm³/mol. The Labute approximate surface area is 121 Å². The molecular formula is C13H17BrN4O. The van der Waals surface area contributed by atoms with Crippen molar-refractivity contribution < 1.29 is 4.42 Å². The van der Waals surface area contributed by atoms with Gasteiger partial charge in [0.2, 0.25) is 0 Å². The second-order valence-corrected chi connectivity index (χ2v) is 5.04. The first-order chi connectivity index (χ1) is 9.20. The lowest BCUT2D eigenvalue weighted by atomic mass is 10.2. The zero-order chi connectivity index (χ0) is 13.7. The molecule has 0 saturated carbocycles. The second kappa shape index (κ2) is 6.56. The third kappa shape index (κ3) is 3.70. The minimum atomic E-state index is 0.215. The number of nitrogens with one attached hydrogen (secondary N) is 2. The summed E-state index contributed by atoms with van der Waals surface area (Å²) in [6.45, 7) is 4.93. The first-order valence-electron chi connectivity index (χ1n) is 6.24. The highest BCUT2D eigenvalue weighted by Crippen LogP contribution is 2.27. The van der Waals surface area contributed by atoms with Crippen molar-refractivity contribution in [2.75, 3.05) is 17.2 Å². The fourth-order valence-electron chi connectivity index (χ4n) is 1.78. The minimum Gasteiger partial charge on any atom is -0.469 e. The van der Waals surface area contributed by atoms with E-state index in [0.29, 0.717) is 0 Å². The number of nitrogens with zero attached hydrogens (tertiary/aromatic N) is 2. The minimum absolute atomic E-state index is 0.215. The Balaban J connectivity index is 2.04. The Bertz CT molecular complexity index is 515. The molecule has 5 nitrogen and oxygen atoms in total. The summed E-state index contributed by atoms with van der Waals surface area (Å²) >= 11 is 3.52. The highest BCUT2D eigenvalue weighted by atomic mass is 79.9. The van der Waals surface area contributed by atoms with Crippen molar-refractivity contribution in [1.82, 2.24) is 9.97 Å². The monoisotopic (exact) mass is 324 g/mol. The average Bonchev–Trinajstić information content (AvgIpc) is 2.87. The van der Waals surface area contributed by atoms with E-state index in [4.69, 9.17) is 4.42 Å². The van der Waals surface area contributed by atoms with E-state index in [1.165, 1.54) is 0 Å². The lowest BCUT2D eigenvalue weighted by Crippen LogP contribution is -2.19. The summed E-state index contributed by atoms with van der Waals surface area (Å²) in [5, 5.41) is 6.53. The molecule has 2 aromatic rings. The molecule has 2 aromatic heterocycles. The van der Waals surface area contributed by atoms with Gasteiger partial charge >= 0.3 is 0 Å². The zero-order valence-corrected chi connectivity index (χ0v) is 12.6. The number of anilines is 2. The number of hydrogen-bond acceptors (Lipinski definition) is 5. The number of aromatic nitrogens is 2. The molecular weight excluding hydrogens is 308 g/mol. The van der Waals surface area contributed by atoms with Gasteiger partial charge in [-0.2, -0.15) is 0 Å². The van der Waals surface area contributed by atoms with Gasteiger partial charge in [-0.1, -0.05) is 0 Å². The second-order valence-electron chi connectivity index (χ2n) is 4.24. The van der Waals surface area contributed by atoms with Gasteiger partial charge in [0.15, 0.2) is 0 Å². The molecule has 0 aliphatic carbocycles. The summed E-state index contributed by atoms with van der Waals surface area (Å²) in [6.07, 6.45) is 4.04. The predicted octanol–water partition coefficient (Wildman–Crippen LogP) is 3.31. The normalized spacial score (nSPS) is 12.2. The Morgan fingerprint density at radius 3 is 2.84 bits per heavy atom. The molecule has 0 aromatic carbocycles. The smallest absolute Gasteiger partial charge is 0.146 e. The number of halogens is 1. The highest BCUT2D eigenvalue weighted by Gasteiger charge is 2.11. The van der Waals surface area contributed by atoms with Crippen LogP contribution in [0.15, 0.2) is 33.6 Å². The van der Waals surface area contributed by atoms with Gasteiger partial charge in [-0.25, -0.2) is 9.97 Å². The molecule has 0 aliphatic heterocycles. The van der Waals surface area contributed by atoms with Gasteiger partial charge in [0, 0.05) is 19.0 Å². The fraction of sp³-hybridized carbons (Fsp3) is 0.385. The molecule has 0 amide bonds. The van der Waals surface area contributed by atoms with Crippen LogP contribution in [-0.4, -0.2) is 22.6 Å². The van der Waals surface area contributed by atoms with Crippen molar-refractivity contribution in [3.63, 3.8) is 0 Å². The quantitative estimate of drug-likeness (QED) is 0.853. The highest BCUT2D eigenvalue weighted by molar-refractivity contribution is 9.10. The molecule has 0 aliphatic rings. The molecule has 2 rings (SSSR count). The summed E-state index contributed by atoms with van der Waals surface area (Å²) in [5.74, 6) is 2.53. The third-order valence-corrected chi connectivity index (χ3v) is 3.36. The lowest BCUT2D eigenvalue weighted by Gasteiger charge is -2.15. The molecule has 6 heteroatoms. The molecule has 1 atom stereocenters. The van der Waals surface area contributed by atoms with Crippen LogP contribution in [0.5, 0.6) is 0 Å². The van der Waals surface area contributed by atoms with Crippen molar-refractivity contribution in [3.05, 3.63) is 35.0 Å². The van der Waals surface area contributed by atoms with E-state index in [9.17, 15) is 0 Å². The Morgan fingerprint density at radius 2 is 2.16 bits per heavy atom. The van der Waals surface area contributed by atoms with Crippen molar-refractivity contribution in [2.45, 2.75) is 26.3 Å². The third-order valence-electron chi connectivity index (χ3n) is 2.60. The largest absolute Gasteiger partial charge is 0.469 e. The Hall–Kier alpha value is -1.56. The Kier molecular flexibility index (Phi) is 4.79. The standard InChI is InChI=1S/C13H17BrN4O/c1-3-15-12-11(14)13(17-8-16-12)18-9(2)7-10-5-4-6-19-10/h4-6,8-9H,3,7H2,1-2H3,(H2,15,16,17,18). The summed E-state index contributed by atoms with van der Waals surface area (Å²) in [7, 11) is 0. The van der Waals surface area contributed by atoms with Gasteiger partial charge in [0.25, 0.3) is 0 Å². The molecule has 19 heavy (non-hydrogen) atoms. The topological polar surface area (TPSA) is 63.0 Å². The van der Waals surface area contributed by atoms with E-state index in [-0.39, 0.29) is 6.04 Å². The first kappa shape index (κ1) is 13.9. The van der Waals surface area contributed by atoms with E-state index in [2.05, 4.69) is 43.5 Å². The van der Waals surface area contributed by atoms with Crippen LogP contribution in [0.3, 0.4) is 0 Å². The van der Waals surface area contributed by atoms with E-state index in [1.807, 2.05) is 19.1 Å². The van der Waals surface area contributed by atoms with Gasteiger partial charge in [-0.05, 0) is 41.9 Å². The molecule has 0 bridgehead atoms. The SMILES string of the molecule is CCNc1ncnc(NC(C)Cc2ccco2)c1Br. The van der Waals surface area contributed by atoms with Gasteiger partial charge in [-0.15, -0.1) is 0 Å². The maximum Gasteiger partial charge on any atom is 0.146 e. The summed E-state index contributed by atoms with van der Waals surface area (Å²) in [6, 6.07) is 4.08. The van der Waals surface area contributed by atoms with E-state index >= 15 is 0 Å². The van der Waals surface area contributed by atoms with Crippen LogP contribution in [0.1, 0.15) is 19.6 Å². The van der Waals surface area contributed by atoms with Crippen LogP contribution < -0.4 is 10.6 Å². The summed E-state index contributed by atoms with van der Waals surface area (Å²) in [5.41, 5.74) is 0. The molecule has 2 heterocycles. The number of hydrogen-bond donors (Lipinski definition) is 2. The summed E-state index contributed by atoms with van der Waals surface area (Å²) < 4.78 is 6.19. The van der Waals surface area contributed by atoms with Gasteiger partial charge in [0.1, 0.15) is 28.2 Å². The van der Waals surface area contributed by atoms with Crippen molar-refractivity contribution >= 4 is 27.6 Å². The molecule has 2 N–H and O–H groups in total. The molecule has 0 saturated heterocycles. The van der Waals surface area contributed by atoms with E-state index in [0.717, 1.165) is 34.8 Å². The van der Waals surface area contributed by atoms with Gasteiger partial charge in [0.05, 0.1) is 6.26 Å². The van der Waals surface area contributed by atoms with Crippen LogP contribution >= 0.6 is 15.9 Å². The molecule has 0 fully saturated rings. The van der Waals surface area contributed by atoms with Gasteiger partial charge < -0.3 is 15.1 Å². The van der Waals surface area contributed by atoms with Crippen LogP contribution in [-0.2, 0) is 6.42 Å². The number of rotatable bonds is 6. The van der Waals surface area contributed by atoms with E-state index < -0.39 is 0 Å². The van der Waals surface area contributed by atoms with Crippen LogP contribution in [0.4, 0.5) is 11.6 Å². The van der Waals surface area contributed by atoms with Crippen molar-refractivity contribution in [3.8, 4) is 0 Å². The van der Waals surface area contributed by atoms with Crippen molar-refractivity contribution in [1.29, 1.82) is 0 Å². The Morgan fingerprint density at radius 1 is 1.37 bits per heavy atom. The molecule has 0 spiro atoms.